The Morgan fingerprint density at radius 1 is 0.826 bits per heavy atom. The summed E-state index contributed by atoms with van der Waals surface area (Å²) >= 11 is 3.43. The van der Waals surface area contributed by atoms with E-state index in [0.717, 1.165) is 42.0 Å². The van der Waals surface area contributed by atoms with Crippen molar-refractivity contribution in [2.45, 2.75) is 38.5 Å². The predicted octanol–water partition coefficient (Wildman–Crippen LogP) is 4.45. The molecule has 0 spiro atoms. The maximum atomic E-state index is 12.7. The Balaban J connectivity index is 1.83. The number of halogens is 1. The van der Waals surface area contributed by atoms with Gasteiger partial charge >= 0.3 is 0 Å². The summed E-state index contributed by atoms with van der Waals surface area (Å²) in [5, 5.41) is 0. The van der Waals surface area contributed by atoms with E-state index in [1.807, 2.05) is 30.3 Å². The summed E-state index contributed by atoms with van der Waals surface area (Å²) in [6.45, 7) is 4.32. The zero-order chi connectivity index (χ0) is 16.1. The van der Waals surface area contributed by atoms with Crippen LogP contribution in [0.25, 0.3) is 0 Å². The molecule has 1 aromatic carbocycles. The van der Waals surface area contributed by atoms with E-state index in [0.29, 0.717) is 0 Å². The summed E-state index contributed by atoms with van der Waals surface area (Å²) in [6, 6.07) is 7.66. The van der Waals surface area contributed by atoms with Gasteiger partial charge in [-0.1, -0.05) is 15.9 Å². The molecule has 0 N–H and O–H groups in total. The molecule has 2 heterocycles. The molecular formula is C19H25BrN2O. The Labute approximate surface area is 147 Å². The molecule has 2 aliphatic rings. The number of hydrogen-bond donors (Lipinski definition) is 0. The van der Waals surface area contributed by atoms with Gasteiger partial charge in [-0.25, -0.2) is 0 Å². The fourth-order valence-corrected chi connectivity index (χ4v) is 3.71. The van der Waals surface area contributed by atoms with Crippen LogP contribution in [-0.4, -0.2) is 41.8 Å². The van der Waals surface area contributed by atoms with Crippen molar-refractivity contribution < 1.29 is 4.79 Å². The van der Waals surface area contributed by atoms with Gasteiger partial charge in [-0.2, -0.15) is 0 Å². The van der Waals surface area contributed by atoms with Crippen LogP contribution in [0.15, 0.2) is 40.6 Å². The molecule has 2 aliphatic heterocycles. The molecule has 0 saturated carbocycles. The molecule has 0 aliphatic carbocycles. The topological polar surface area (TPSA) is 23.6 Å². The predicted molar refractivity (Wildman–Crippen MR) is 97.4 cm³/mol. The van der Waals surface area contributed by atoms with E-state index in [1.54, 1.807) is 0 Å². The summed E-state index contributed by atoms with van der Waals surface area (Å²) in [6.07, 6.45) is 9.43. The number of hydrogen-bond acceptors (Lipinski definition) is 3. The van der Waals surface area contributed by atoms with Crippen molar-refractivity contribution >= 4 is 21.7 Å². The fraction of sp³-hybridized carbons (Fsp3) is 0.526. The van der Waals surface area contributed by atoms with E-state index >= 15 is 0 Å². The molecule has 0 bridgehead atoms. The number of benzene rings is 1. The first kappa shape index (κ1) is 16.6. The normalized spacial score (nSPS) is 18.7. The van der Waals surface area contributed by atoms with Crippen LogP contribution in [0, 0.1) is 0 Å². The zero-order valence-electron chi connectivity index (χ0n) is 13.6. The SMILES string of the molecule is O=C(C=C(N1CCCCC1)N1CCCCC1)c1ccc(Br)cc1. The Morgan fingerprint density at radius 3 is 1.78 bits per heavy atom. The third-order valence-corrected chi connectivity index (χ3v) is 5.28. The molecule has 3 rings (SSSR count). The first-order valence-electron chi connectivity index (χ1n) is 8.75. The highest BCUT2D eigenvalue weighted by Crippen LogP contribution is 2.22. The van der Waals surface area contributed by atoms with E-state index in [1.165, 1.54) is 38.5 Å². The number of carbonyl (C=O) groups is 1. The maximum Gasteiger partial charge on any atom is 0.189 e. The minimum Gasteiger partial charge on any atom is -0.358 e. The molecule has 0 radical (unpaired) electrons. The molecule has 2 saturated heterocycles. The smallest absolute Gasteiger partial charge is 0.189 e. The molecule has 124 valence electrons. The minimum absolute atomic E-state index is 0.114. The lowest BCUT2D eigenvalue weighted by Gasteiger charge is -2.39. The first-order chi connectivity index (χ1) is 11.2. The van der Waals surface area contributed by atoms with E-state index in [4.69, 9.17) is 0 Å². The summed E-state index contributed by atoms with van der Waals surface area (Å²) in [4.78, 5) is 17.6. The maximum absolute atomic E-state index is 12.7. The molecular weight excluding hydrogens is 352 g/mol. The molecule has 3 nitrogen and oxygen atoms in total. The van der Waals surface area contributed by atoms with Crippen LogP contribution in [0.4, 0.5) is 0 Å². The number of carbonyl (C=O) groups excluding carboxylic acids is 1. The summed E-state index contributed by atoms with van der Waals surface area (Å²) in [5.74, 6) is 1.26. The molecule has 0 unspecified atom stereocenters. The highest BCUT2D eigenvalue weighted by atomic mass is 79.9. The number of ketones is 1. The van der Waals surface area contributed by atoms with Crippen molar-refractivity contribution in [2.75, 3.05) is 26.2 Å². The van der Waals surface area contributed by atoms with Crippen molar-refractivity contribution in [1.82, 2.24) is 9.80 Å². The van der Waals surface area contributed by atoms with Crippen LogP contribution in [0.5, 0.6) is 0 Å². The fourth-order valence-electron chi connectivity index (χ4n) is 3.44. The summed E-state index contributed by atoms with van der Waals surface area (Å²) in [5.41, 5.74) is 0.764. The largest absolute Gasteiger partial charge is 0.358 e. The standard InChI is InChI=1S/C19H25BrN2O/c20-17-9-7-16(8-10-17)18(23)15-19(21-11-3-1-4-12-21)22-13-5-2-6-14-22/h7-10,15H,1-6,11-14H2. The van der Waals surface area contributed by atoms with Gasteiger partial charge in [0.2, 0.25) is 0 Å². The van der Waals surface area contributed by atoms with Crippen LogP contribution in [0.2, 0.25) is 0 Å². The van der Waals surface area contributed by atoms with Crippen molar-refractivity contribution in [1.29, 1.82) is 0 Å². The minimum atomic E-state index is 0.114. The molecule has 1 aromatic rings. The zero-order valence-corrected chi connectivity index (χ0v) is 15.2. The van der Waals surface area contributed by atoms with Crippen LogP contribution in [0.3, 0.4) is 0 Å². The number of nitrogens with zero attached hydrogens (tertiary/aromatic N) is 2. The molecule has 23 heavy (non-hydrogen) atoms. The van der Waals surface area contributed by atoms with Crippen molar-refractivity contribution in [3.8, 4) is 0 Å². The van der Waals surface area contributed by atoms with Crippen molar-refractivity contribution in [3.63, 3.8) is 0 Å². The van der Waals surface area contributed by atoms with E-state index in [9.17, 15) is 4.79 Å². The van der Waals surface area contributed by atoms with E-state index in [2.05, 4.69) is 25.7 Å². The van der Waals surface area contributed by atoms with E-state index < -0.39 is 0 Å². The molecule has 0 atom stereocenters. The summed E-state index contributed by atoms with van der Waals surface area (Å²) in [7, 11) is 0. The lowest BCUT2D eigenvalue weighted by Crippen LogP contribution is -2.41. The van der Waals surface area contributed by atoms with Gasteiger partial charge in [0.25, 0.3) is 0 Å². The first-order valence-corrected chi connectivity index (χ1v) is 9.55. The van der Waals surface area contributed by atoms with Crippen LogP contribution in [0.1, 0.15) is 48.9 Å². The van der Waals surface area contributed by atoms with Gasteiger partial charge in [0.15, 0.2) is 5.78 Å². The molecule has 4 heteroatoms. The van der Waals surface area contributed by atoms with Gasteiger partial charge < -0.3 is 9.80 Å². The Morgan fingerprint density at radius 2 is 1.30 bits per heavy atom. The second kappa shape index (κ2) is 8.00. The Hall–Kier alpha value is -1.29. The van der Waals surface area contributed by atoms with Gasteiger partial charge in [0, 0.05) is 42.3 Å². The van der Waals surface area contributed by atoms with E-state index in [-0.39, 0.29) is 5.78 Å². The van der Waals surface area contributed by atoms with Crippen molar-refractivity contribution in [3.05, 3.63) is 46.2 Å². The number of piperidine rings is 2. The average molecular weight is 377 g/mol. The average Bonchev–Trinajstić information content (AvgIpc) is 2.61. The third-order valence-electron chi connectivity index (χ3n) is 4.75. The van der Waals surface area contributed by atoms with Gasteiger partial charge in [-0.05, 0) is 62.8 Å². The van der Waals surface area contributed by atoms with Gasteiger partial charge in [0.05, 0.1) is 0 Å². The van der Waals surface area contributed by atoms with Crippen molar-refractivity contribution in [2.24, 2.45) is 0 Å². The van der Waals surface area contributed by atoms with Gasteiger partial charge in [0.1, 0.15) is 5.82 Å². The molecule has 0 amide bonds. The highest BCUT2D eigenvalue weighted by Gasteiger charge is 2.22. The third kappa shape index (κ3) is 4.37. The highest BCUT2D eigenvalue weighted by molar-refractivity contribution is 9.10. The van der Waals surface area contributed by atoms with Gasteiger partial charge in [-0.3, -0.25) is 4.79 Å². The van der Waals surface area contributed by atoms with Crippen LogP contribution < -0.4 is 0 Å². The van der Waals surface area contributed by atoms with Crippen LogP contribution in [-0.2, 0) is 0 Å². The second-order valence-corrected chi connectivity index (χ2v) is 7.38. The summed E-state index contributed by atoms with van der Waals surface area (Å²) < 4.78 is 1.00. The Bertz CT molecular complexity index is 535. The van der Waals surface area contributed by atoms with Gasteiger partial charge in [-0.15, -0.1) is 0 Å². The lowest BCUT2D eigenvalue weighted by molar-refractivity contribution is 0.103. The quantitative estimate of drug-likeness (QED) is 0.572. The monoisotopic (exact) mass is 376 g/mol. The number of rotatable bonds is 4. The number of likely N-dealkylation sites (tertiary alicyclic amines) is 2. The Kier molecular flexibility index (Phi) is 5.76. The lowest BCUT2D eigenvalue weighted by atomic mass is 10.1. The second-order valence-electron chi connectivity index (χ2n) is 6.47. The molecule has 0 aromatic heterocycles. The number of allylic oxidation sites excluding steroid dienone is 1. The molecule has 2 fully saturated rings. The van der Waals surface area contributed by atoms with Crippen LogP contribution >= 0.6 is 15.9 Å².